The minimum atomic E-state index is -1.48. The van der Waals surface area contributed by atoms with Crippen molar-refractivity contribution in [3.63, 3.8) is 0 Å². The molecule has 2 aromatic rings. The highest BCUT2D eigenvalue weighted by atomic mass is 19.1. The predicted octanol–water partition coefficient (Wildman–Crippen LogP) is 5.26. The number of alkyl halides is 1. The molecule has 7 heteroatoms. The molecule has 2 N–H and O–H groups in total. The highest BCUT2D eigenvalue weighted by molar-refractivity contribution is 5.99. The zero-order chi connectivity index (χ0) is 26.0. The van der Waals surface area contributed by atoms with Crippen molar-refractivity contribution >= 4 is 17.6 Å². The number of ether oxygens (including phenoxy) is 1. The zero-order valence-electron chi connectivity index (χ0n) is 21.3. The number of likely N-dealkylation sites (tertiary alicyclic amines) is 1. The Kier molecular flexibility index (Phi) is 7.21. The fraction of sp³-hybridized carbons (Fsp3) is 0.467. The number of benzene rings is 2. The third-order valence-corrected chi connectivity index (χ3v) is 8.10. The minimum absolute atomic E-state index is 0.00390. The second-order valence-corrected chi connectivity index (χ2v) is 10.5. The van der Waals surface area contributed by atoms with E-state index >= 15 is 4.39 Å². The van der Waals surface area contributed by atoms with Crippen molar-refractivity contribution < 1.29 is 18.7 Å². The number of halogens is 1. The van der Waals surface area contributed by atoms with Crippen molar-refractivity contribution in [1.29, 1.82) is 0 Å². The van der Waals surface area contributed by atoms with Crippen LogP contribution in [-0.4, -0.2) is 49.2 Å². The van der Waals surface area contributed by atoms with Crippen LogP contribution in [-0.2, 0) is 10.4 Å². The average molecular weight is 504 g/mol. The molecule has 1 saturated carbocycles. The number of rotatable bonds is 5. The molecule has 3 aliphatic rings. The molecule has 194 valence electrons. The average Bonchev–Trinajstić information content (AvgIpc) is 3.37. The second-order valence-electron chi connectivity index (χ2n) is 10.5. The van der Waals surface area contributed by atoms with Gasteiger partial charge in [-0.2, -0.15) is 0 Å². The van der Waals surface area contributed by atoms with E-state index in [2.05, 4.69) is 16.6 Å². The van der Waals surface area contributed by atoms with E-state index in [0.717, 1.165) is 36.0 Å². The van der Waals surface area contributed by atoms with Gasteiger partial charge in [0.25, 0.3) is 5.91 Å². The molecule has 2 saturated heterocycles. The number of carbonyl (C=O) groups is 2. The van der Waals surface area contributed by atoms with Gasteiger partial charge in [-0.25, -0.2) is 9.18 Å². The van der Waals surface area contributed by atoms with Crippen LogP contribution < -0.4 is 10.6 Å². The fourth-order valence-corrected chi connectivity index (χ4v) is 5.51. The van der Waals surface area contributed by atoms with Gasteiger partial charge in [0.05, 0.1) is 12.6 Å². The van der Waals surface area contributed by atoms with Crippen molar-refractivity contribution in [2.75, 3.05) is 31.6 Å². The van der Waals surface area contributed by atoms with Gasteiger partial charge in [-0.15, -0.1) is 6.42 Å². The Morgan fingerprint density at radius 3 is 2.46 bits per heavy atom. The number of nitrogens with one attached hydrogen (secondary N) is 2. The molecule has 2 aromatic carbocycles. The van der Waals surface area contributed by atoms with Gasteiger partial charge >= 0.3 is 6.03 Å². The van der Waals surface area contributed by atoms with Crippen molar-refractivity contribution in [3.05, 3.63) is 64.2 Å². The number of carbonyl (C=O) groups excluding carboxylic acids is 2. The van der Waals surface area contributed by atoms with Crippen LogP contribution in [0.15, 0.2) is 36.4 Å². The van der Waals surface area contributed by atoms with Crippen LogP contribution in [0, 0.1) is 19.3 Å². The normalized spacial score (nSPS) is 21.1. The Labute approximate surface area is 218 Å². The van der Waals surface area contributed by atoms with E-state index in [1.807, 2.05) is 19.1 Å². The van der Waals surface area contributed by atoms with Crippen LogP contribution >= 0.6 is 0 Å². The predicted molar refractivity (Wildman–Crippen MR) is 141 cm³/mol. The van der Waals surface area contributed by atoms with Crippen LogP contribution in [0.25, 0.3) is 0 Å². The standard InChI is InChI=1S/C30H34FN3O3/c1-3-21-7-9-23(10-8-21)30(31)12-14-34(15-13-30)28(35)25-18-27(26(17-20(25)2)22-5-4-6-22)33-29(36)32-24-11-16-37-19-24/h1,7-10,17-18,22,24H,4-6,11-16,19H2,2H3,(H2,32,33,36)/t24-/m1/s1. The molecule has 37 heavy (non-hydrogen) atoms. The molecule has 3 amide bonds. The van der Waals surface area contributed by atoms with Crippen molar-refractivity contribution in [2.24, 2.45) is 0 Å². The smallest absolute Gasteiger partial charge is 0.319 e. The van der Waals surface area contributed by atoms with E-state index in [1.165, 1.54) is 6.42 Å². The van der Waals surface area contributed by atoms with Crippen LogP contribution in [0.5, 0.6) is 0 Å². The lowest BCUT2D eigenvalue weighted by atomic mass is 9.78. The van der Waals surface area contributed by atoms with Crippen LogP contribution in [0.2, 0.25) is 0 Å². The molecule has 1 atom stereocenters. The van der Waals surface area contributed by atoms with E-state index in [0.29, 0.717) is 49.0 Å². The summed E-state index contributed by atoms with van der Waals surface area (Å²) in [5.74, 6) is 2.81. The van der Waals surface area contributed by atoms with E-state index in [9.17, 15) is 9.59 Å². The third kappa shape index (κ3) is 5.35. The molecule has 2 heterocycles. The number of hydrogen-bond donors (Lipinski definition) is 2. The van der Waals surface area contributed by atoms with Crippen LogP contribution in [0.1, 0.15) is 77.1 Å². The fourth-order valence-electron chi connectivity index (χ4n) is 5.51. The maximum atomic E-state index is 15.8. The van der Waals surface area contributed by atoms with Gasteiger partial charge in [0.2, 0.25) is 0 Å². The third-order valence-electron chi connectivity index (χ3n) is 8.10. The van der Waals surface area contributed by atoms with E-state index in [1.54, 1.807) is 29.2 Å². The van der Waals surface area contributed by atoms with E-state index in [-0.39, 0.29) is 30.8 Å². The summed E-state index contributed by atoms with van der Waals surface area (Å²) >= 11 is 0. The largest absolute Gasteiger partial charge is 0.379 e. The quantitative estimate of drug-likeness (QED) is 0.547. The molecule has 0 unspecified atom stereocenters. The Balaban J connectivity index is 1.31. The molecular formula is C30H34FN3O3. The molecule has 1 aliphatic carbocycles. The number of piperidine rings is 1. The first kappa shape index (κ1) is 25.3. The lowest BCUT2D eigenvalue weighted by molar-refractivity contribution is 0.0421. The number of hydrogen-bond acceptors (Lipinski definition) is 3. The molecule has 3 fully saturated rings. The summed E-state index contributed by atoms with van der Waals surface area (Å²) in [6.45, 7) is 3.74. The first-order chi connectivity index (χ1) is 17.9. The summed E-state index contributed by atoms with van der Waals surface area (Å²) in [6, 6.07) is 10.6. The van der Waals surface area contributed by atoms with Crippen molar-refractivity contribution in [3.8, 4) is 12.3 Å². The van der Waals surface area contributed by atoms with Gasteiger partial charge in [0.15, 0.2) is 0 Å². The highest BCUT2D eigenvalue weighted by Gasteiger charge is 2.38. The first-order valence-corrected chi connectivity index (χ1v) is 13.2. The zero-order valence-corrected chi connectivity index (χ0v) is 21.3. The SMILES string of the molecule is C#Cc1ccc(C2(F)CCN(C(=O)c3cc(NC(=O)N[C@@H]4CCOC4)c(C4CCC4)cc3C)CC2)cc1. The van der Waals surface area contributed by atoms with Gasteiger partial charge in [-0.3, -0.25) is 4.79 Å². The summed E-state index contributed by atoms with van der Waals surface area (Å²) in [5, 5.41) is 5.97. The maximum absolute atomic E-state index is 15.8. The molecule has 5 rings (SSSR count). The summed E-state index contributed by atoms with van der Waals surface area (Å²) in [6.07, 6.45) is 9.98. The summed E-state index contributed by atoms with van der Waals surface area (Å²) in [7, 11) is 0. The topological polar surface area (TPSA) is 70.7 Å². The molecule has 0 spiro atoms. The van der Waals surface area contributed by atoms with Gasteiger partial charge in [0, 0.05) is 49.4 Å². The Morgan fingerprint density at radius 1 is 1.14 bits per heavy atom. The number of terminal acetylenes is 1. The van der Waals surface area contributed by atoms with E-state index in [4.69, 9.17) is 11.2 Å². The number of anilines is 1. The van der Waals surface area contributed by atoms with Gasteiger partial charge in [-0.1, -0.05) is 30.5 Å². The summed E-state index contributed by atoms with van der Waals surface area (Å²) < 4.78 is 21.1. The monoisotopic (exact) mass is 503 g/mol. The van der Waals surface area contributed by atoms with Gasteiger partial charge in [-0.05, 0) is 67.0 Å². The lowest BCUT2D eigenvalue weighted by Gasteiger charge is -2.37. The number of aryl methyl sites for hydroxylation is 1. The molecule has 6 nitrogen and oxygen atoms in total. The van der Waals surface area contributed by atoms with Crippen LogP contribution in [0.3, 0.4) is 0 Å². The van der Waals surface area contributed by atoms with Crippen LogP contribution in [0.4, 0.5) is 14.9 Å². The molecular weight excluding hydrogens is 469 g/mol. The minimum Gasteiger partial charge on any atom is -0.379 e. The molecule has 0 aromatic heterocycles. The Morgan fingerprint density at radius 2 is 1.86 bits per heavy atom. The summed E-state index contributed by atoms with van der Waals surface area (Å²) in [4.78, 5) is 28.0. The first-order valence-electron chi connectivity index (χ1n) is 13.2. The maximum Gasteiger partial charge on any atom is 0.319 e. The van der Waals surface area contributed by atoms with E-state index < -0.39 is 5.67 Å². The summed E-state index contributed by atoms with van der Waals surface area (Å²) in [5.41, 5.74) is 3.02. The second kappa shape index (κ2) is 10.5. The molecule has 0 radical (unpaired) electrons. The number of amides is 3. The number of nitrogens with zero attached hydrogens (tertiary/aromatic N) is 1. The Hall–Kier alpha value is -3.37. The highest BCUT2D eigenvalue weighted by Crippen LogP contribution is 2.42. The lowest BCUT2D eigenvalue weighted by Crippen LogP contribution is -2.43. The Bertz CT molecular complexity index is 1200. The van der Waals surface area contributed by atoms with Crippen molar-refractivity contribution in [1.82, 2.24) is 10.2 Å². The molecule has 2 aliphatic heterocycles. The van der Waals surface area contributed by atoms with Gasteiger partial charge < -0.3 is 20.3 Å². The van der Waals surface area contributed by atoms with Gasteiger partial charge in [0.1, 0.15) is 5.67 Å². The number of urea groups is 1. The molecule has 0 bridgehead atoms. The van der Waals surface area contributed by atoms with Crippen molar-refractivity contribution in [2.45, 2.75) is 63.1 Å².